The van der Waals surface area contributed by atoms with E-state index in [1.54, 1.807) is 0 Å². The van der Waals surface area contributed by atoms with Crippen molar-refractivity contribution >= 4 is 21.6 Å². The average Bonchev–Trinajstić information content (AvgIpc) is 2.72. The van der Waals surface area contributed by atoms with Gasteiger partial charge in [0.25, 0.3) is 5.69 Å². The SMILES string of the molecule is CC1CC(C)CN(C(=O)C(C)N2CCN(S(=O)(=O)c3cccc([N+](=O)[O-])c3)CC2)C1. The number of non-ortho nitro benzene ring substituents is 1. The molecule has 2 aliphatic rings. The number of nitrogens with zero attached hydrogens (tertiary/aromatic N) is 4. The monoisotopic (exact) mass is 438 g/mol. The third-order valence-electron chi connectivity index (χ3n) is 6.03. The summed E-state index contributed by atoms with van der Waals surface area (Å²) in [6.45, 7) is 9.14. The van der Waals surface area contributed by atoms with E-state index in [2.05, 4.69) is 13.8 Å². The summed E-state index contributed by atoms with van der Waals surface area (Å²) in [5.41, 5.74) is -0.251. The molecule has 3 rings (SSSR count). The van der Waals surface area contributed by atoms with E-state index < -0.39 is 14.9 Å². The molecule has 3 atom stereocenters. The first-order valence-electron chi connectivity index (χ1n) is 10.4. The molecule has 0 aliphatic carbocycles. The van der Waals surface area contributed by atoms with Crippen LogP contribution in [0.3, 0.4) is 0 Å². The molecule has 10 heteroatoms. The van der Waals surface area contributed by atoms with Gasteiger partial charge in [0.15, 0.2) is 0 Å². The molecule has 2 heterocycles. The summed E-state index contributed by atoms with van der Waals surface area (Å²) < 4.78 is 27.1. The molecule has 1 aromatic rings. The molecule has 0 spiro atoms. The summed E-state index contributed by atoms with van der Waals surface area (Å²) in [5, 5.41) is 11.0. The van der Waals surface area contributed by atoms with Crippen molar-refractivity contribution < 1.29 is 18.1 Å². The molecule has 0 saturated carbocycles. The number of rotatable bonds is 5. The number of nitro benzene ring substituents is 1. The van der Waals surface area contributed by atoms with E-state index >= 15 is 0 Å². The van der Waals surface area contributed by atoms with E-state index in [0.717, 1.165) is 25.6 Å². The molecule has 2 fully saturated rings. The molecule has 0 radical (unpaired) electrons. The molecule has 30 heavy (non-hydrogen) atoms. The summed E-state index contributed by atoms with van der Waals surface area (Å²) in [6.07, 6.45) is 1.13. The Morgan fingerprint density at radius 1 is 1.13 bits per heavy atom. The highest BCUT2D eigenvalue weighted by Crippen LogP contribution is 2.24. The zero-order valence-corrected chi connectivity index (χ0v) is 18.5. The largest absolute Gasteiger partial charge is 0.341 e. The second-order valence-electron chi connectivity index (χ2n) is 8.56. The second-order valence-corrected chi connectivity index (χ2v) is 10.5. The van der Waals surface area contributed by atoms with Crippen LogP contribution in [0.25, 0.3) is 0 Å². The van der Waals surface area contributed by atoms with Crippen LogP contribution in [0.5, 0.6) is 0 Å². The highest BCUT2D eigenvalue weighted by atomic mass is 32.2. The summed E-state index contributed by atoms with van der Waals surface area (Å²) >= 11 is 0. The van der Waals surface area contributed by atoms with Crippen molar-refractivity contribution in [2.24, 2.45) is 11.8 Å². The van der Waals surface area contributed by atoms with Crippen LogP contribution in [0.15, 0.2) is 29.2 Å². The first-order valence-corrected chi connectivity index (χ1v) is 11.8. The zero-order chi connectivity index (χ0) is 22.1. The number of amides is 1. The van der Waals surface area contributed by atoms with E-state index in [-0.39, 0.29) is 35.6 Å². The minimum Gasteiger partial charge on any atom is -0.341 e. The third kappa shape index (κ3) is 4.81. The van der Waals surface area contributed by atoms with Crippen molar-refractivity contribution in [3.63, 3.8) is 0 Å². The normalized spacial score (nSPS) is 25.1. The van der Waals surface area contributed by atoms with E-state index in [9.17, 15) is 23.3 Å². The van der Waals surface area contributed by atoms with Gasteiger partial charge in [-0.15, -0.1) is 0 Å². The Labute approximate surface area is 177 Å². The Kier molecular flexibility index (Phi) is 6.78. The van der Waals surface area contributed by atoms with Gasteiger partial charge in [0.05, 0.1) is 15.9 Å². The number of piperazine rings is 1. The van der Waals surface area contributed by atoms with Gasteiger partial charge in [-0.25, -0.2) is 8.42 Å². The third-order valence-corrected chi connectivity index (χ3v) is 7.92. The maximum Gasteiger partial charge on any atom is 0.270 e. The first kappa shape index (κ1) is 22.6. The van der Waals surface area contributed by atoms with E-state index in [0.29, 0.717) is 24.9 Å². The van der Waals surface area contributed by atoms with Gasteiger partial charge in [-0.3, -0.25) is 19.8 Å². The maximum atomic E-state index is 13.0. The second kappa shape index (κ2) is 8.99. The first-order chi connectivity index (χ1) is 14.1. The quantitative estimate of drug-likeness (QED) is 0.513. The van der Waals surface area contributed by atoms with Gasteiger partial charge in [0.2, 0.25) is 15.9 Å². The fourth-order valence-electron chi connectivity index (χ4n) is 4.50. The van der Waals surface area contributed by atoms with E-state index in [1.807, 2.05) is 16.7 Å². The molecule has 0 N–H and O–H groups in total. The molecule has 3 unspecified atom stereocenters. The molecular formula is C20H30N4O5S. The van der Waals surface area contributed by atoms with Gasteiger partial charge < -0.3 is 4.90 Å². The van der Waals surface area contributed by atoms with Crippen LogP contribution >= 0.6 is 0 Å². The predicted octanol–water partition coefficient (Wildman–Crippen LogP) is 1.79. The molecule has 1 amide bonds. The molecule has 166 valence electrons. The lowest BCUT2D eigenvalue weighted by Gasteiger charge is -2.41. The summed E-state index contributed by atoms with van der Waals surface area (Å²) in [4.78, 5) is 27.2. The fourth-order valence-corrected chi connectivity index (χ4v) is 5.96. The smallest absolute Gasteiger partial charge is 0.270 e. The highest BCUT2D eigenvalue weighted by molar-refractivity contribution is 7.89. The number of carbonyl (C=O) groups excluding carboxylic acids is 1. The molecular weight excluding hydrogens is 408 g/mol. The van der Waals surface area contributed by atoms with Gasteiger partial charge in [0.1, 0.15) is 0 Å². The standard InChI is InChI=1S/C20H30N4O5S/c1-15-11-16(2)14-22(13-15)20(25)17(3)21-7-9-23(10-8-21)30(28,29)19-6-4-5-18(12-19)24(26)27/h4-6,12,15-17H,7-11,13-14H2,1-3H3. The van der Waals surface area contributed by atoms with Gasteiger partial charge in [-0.05, 0) is 31.2 Å². The molecule has 0 aromatic heterocycles. The molecule has 2 saturated heterocycles. The van der Waals surface area contributed by atoms with Gasteiger partial charge >= 0.3 is 0 Å². The maximum absolute atomic E-state index is 13.0. The van der Waals surface area contributed by atoms with Crippen molar-refractivity contribution in [3.8, 4) is 0 Å². The Hall–Kier alpha value is -2.04. The fraction of sp³-hybridized carbons (Fsp3) is 0.650. The van der Waals surface area contributed by atoms with E-state index in [1.165, 1.54) is 22.5 Å². The molecule has 0 bridgehead atoms. The lowest BCUT2D eigenvalue weighted by Crippen LogP contribution is -2.56. The number of sulfonamides is 1. The number of likely N-dealkylation sites (tertiary alicyclic amines) is 1. The van der Waals surface area contributed by atoms with Gasteiger partial charge in [0, 0.05) is 51.4 Å². The Morgan fingerprint density at radius 2 is 1.73 bits per heavy atom. The average molecular weight is 439 g/mol. The van der Waals surface area contributed by atoms with Crippen LogP contribution in [-0.4, -0.2) is 78.7 Å². The van der Waals surface area contributed by atoms with Crippen LogP contribution < -0.4 is 0 Å². The predicted molar refractivity (Wildman–Crippen MR) is 112 cm³/mol. The lowest BCUT2D eigenvalue weighted by molar-refractivity contribution is -0.385. The zero-order valence-electron chi connectivity index (χ0n) is 17.7. The van der Waals surface area contributed by atoms with Crippen molar-refractivity contribution in [3.05, 3.63) is 34.4 Å². The van der Waals surface area contributed by atoms with Crippen molar-refractivity contribution in [1.29, 1.82) is 0 Å². The topological polar surface area (TPSA) is 104 Å². The molecule has 2 aliphatic heterocycles. The highest BCUT2D eigenvalue weighted by Gasteiger charge is 2.35. The summed E-state index contributed by atoms with van der Waals surface area (Å²) in [5.74, 6) is 1.08. The van der Waals surface area contributed by atoms with E-state index in [4.69, 9.17) is 0 Å². The van der Waals surface area contributed by atoms with Crippen molar-refractivity contribution in [2.75, 3.05) is 39.3 Å². The number of carbonyl (C=O) groups is 1. The summed E-state index contributed by atoms with van der Waals surface area (Å²) in [7, 11) is -3.82. The summed E-state index contributed by atoms with van der Waals surface area (Å²) in [6, 6.07) is 4.81. The number of hydrogen-bond acceptors (Lipinski definition) is 6. The van der Waals surface area contributed by atoms with Crippen LogP contribution in [0.1, 0.15) is 27.2 Å². The van der Waals surface area contributed by atoms with Gasteiger partial charge in [-0.2, -0.15) is 4.31 Å². The Bertz CT molecular complexity index is 888. The number of benzene rings is 1. The number of hydrogen-bond donors (Lipinski definition) is 0. The lowest BCUT2D eigenvalue weighted by atomic mass is 9.91. The Balaban J connectivity index is 1.63. The van der Waals surface area contributed by atoms with Crippen LogP contribution in [0.2, 0.25) is 0 Å². The number of piperidine rings is 1. The van der Waals surface area contributed by atoms with Crippen molar-refractivity contribution in [1.82, 2.24) is 14.1 Å². The van der Waals surface area contributed by atoms with Crippen molar-refractivity contribution in [2.45, 2.75) is 38.1 Å². The Morgan fingerprint density at radius 3 is 2.30 bits per heavy atom. The minimum atomic E-state index is -3.82. The molecule has 9 nitrogen and oxygen atoms in total. The molecule has 1 aromatic carbocycles. The minimum absolute atomic E-state index is 0.0782. The number of nitro groups is 1. The van der Waals surface area contributed by atoms with Crippen LogP contribution in [0, 0.1) is 22.0 Å². The van der Waals surface area contributed by atoms with Crippen LogP contribution in [-0.2, 0) is 14.8 Å². The van der Waals surface area contributed by atoms with Crippen LogP contribution in [0.4, 0.5) is 5.69 Å². The van der Waals surface area contributed by atoms with Gasteiger partial charge in [-0.1, -0.05) is 19.9 Å².